The molecule has 1 atom stereocenters. The first kappa shape index (κ1) is 8.30. The molecule has 0 aliphatic rings. The van der Waals surface area contributed by atoms with Crippen molar-refractivity contribution in [3.63, 3.8) is 0 Å². The van der Waals surface area contributed by atoms with Gasteiger partial charge in [0.15, 0.2) is 5.78 Å². The fourth-order valence-corrected chi connectivity index (χ4v) is 0.725. The second-order valence-corrected chi connectivity index (χ2v) is 2.02. The second kappa shape index (κ2) is 3.35. The minimum Gasteiger partial charge on any atom is -0.308 e. The zero-order chi connectivity index (χ0) is 7.44. The Labute approximate surface area is 55.0 Å². The van der Waals surface area contributed by atoms with E-state index in [4.69, 9.17) is 5.41 Å². The first-order chi connectivity index (χ1) is 4.09. The third-order valence-electron chi connectivity index (χ3n) is 1.13. The molecule has 0 radical (unpaired) electrons. The molecule has 0 aromatic rings. The predicted octanol–water partition coefficient (Wildman–Crippen LogP) is 0.203. The third-order valence-corrected chi connectivity index (χ3v) is 1.13. The highest BCUT2D eigenvalue weighted by atomic mass is 16.1. The number of rotatable bonds is 3. The molecule has 0 aliphatic carbocycles. The van der Waals surface area contributed by atoms with Crippen molar-refractivity contribution in [3.8, 4) is 0 Å². The maximum atomic E-state index is 10.6. The van der Waals surface area contributed by atoms with Crippen LogP contribution in [-0.2, 0) is 4.79 Å². The molecule has 0 heterocycles. The summed E-state index contributed by atoms with van der Waals surface area (Å²) in [5.74, 6) is -0.00926. The summed E-state index contributed by atoms with van der Waals surface area (Å²) in [7, 11) is 1.67. The highest BCUT2D eigenvalue weighted by molar-refractivity contribution is 6.05. The van der Waals surface area contributed by atoms with Gasteiger partial charge in [-0.2, -0.15) is 0 Å². The Morgan fingerprint density at radius 3 is 2.00 bits per heavy atom. The molecular weight excluding hydrogens is 116 g/mol. The Morgan fingerprint density at radius 1 is 1.56 bits per heavy atom. The SMILES string of the molecule is CNC(C(C)=N)C(C)=O. The summed E-state index contributed by atoms with van der Waals surface area (Å²) in [4.78, 5) is 10.6. The van der Waals surface area contributed by atoms with Crippen molar-refractivity contribution in [2.75, 3.05) is 7.05 Å². The number of ketones is 1. The Morgan fingerprint density at radius 2 is 2.00 bits per heavy atom. The van der Waals surface area contributed by atoms with E-state index >= 15 is 0 Å². The minimum atomic E-state index is -0.384. The van der Waals surface area contributed by atoms with Crippen molar-refractivity contribution in [3.05, 3.63) is 0 Å². The summed E-state index contributed by atoms with van der Waals surface area (Å²) in [6.45, 7) is 3.09. The van der Waals surface area contributed by atoms with Gasteiger partial charge in [-0.15, -0.1) is 0 Å². The van der Waals surface area contributed by atoms with Crippen LogP contribution in [0.2, 0.25) is 0 Å². The first-order valence-corrected chi connectivity index (χ1v) is 2.82. The number of hydrogen-bond acceptors (Lipinski definition) is 3. The van der Waals surface area contributed by atoms with Crippen LogP contribution in [0.3, 0.4) is 0 Å². The number of carbonyl (C=O) groups is 1. The van der Waals surface area contributed by atoms with E-state index in [1.54, 1.807) is 14.0 Å². The van der Waals surface area contributed by atoms with Crippen molar-refractivity contribution >= 4 is 11.5 Å². The molecular formula is C6H12N2O. The van der Waals surface area contributed by atoms with Crippen molar-refractivity contribution < 1.29 is 4.79 Å². The first-order valence-electron chi connectivity index (χ1n) is 2.82. The molecule has 0 saturated heterocycles. The molecule has 0 fully saturated rings. The quantitative estimate of drug-likeness (QED) is 0.533. The number of nitrogens with one attached hydrogen (secondary N) is 2. The average molecular weight is 128 g/mol. The molecule has 0 rings (SSSR count). The van der Waals surface area contributed by atoms with Gasteiger partial charge in [-0.1, -0.05) is 0 Å². The number of Topliss-reactive ketones (excluding diaryl/α,β-unsaturated/α-hetero) is 1. The normalized spacial score (nSPS) is 12.8. The average Bonchev–Trinajstić information content (AvgIpc) is 1.64. The van der Waals surface area contributed by atoms with Gasteiger partial charge >= 0.3 is 0 Å². The van der Waals surface area contributed by atoms with Crippen molar-refractivity contribution in [2.24, 2.45) is 0 Å². The van der Waals surface area contributed by atoms with E-state index in [9.17, 15) is 4.79 Å². The summed E-state index contributed by atoms with van der Waals surface area (Å²) in [5.41, 5.74) is 0.366. The van der Waals surface area contributed by atoms with E-state index in [0.29, 0.717) is 5.71 Å². The second-order valence-electron chi connectivity index (χ2n) is 2.02. The Kier molecular flexibility index (Phi) is 3.09. The highest BCUT2D eigenvalue weighted by Crippen LogP contribution is 1.85. The summed E-state index contributed by atoms with van der Waals surface area (Å²) >= 11 is 0. The molecule has 0 aromatic heterocycles. The molecule has 0 aliphatic heterocycles. The van der Waals surface area contributed by atoms with Gasteiger partial charge in [0, 0.05) is 5.71 Å². The van der Waals surface area contributed by atoms with Crippen LogP contribution in [0.1, 0.15) is 13.8 Å². The van der Waals surface area contributed by atoms with Crippen molar-refractivity contribution in [1.29, 1.82) is 5.41 Å². The van der Waals surface area contributed by atoms with Gasteiger partial charge in [-0.05, 0) is 20.9 Å². The largest absolute Gasteiger partial charge is 0.308 e. The van der Waals surface area contributed by atoms with Crippen LogP contribution < -0.4 is 5.32 Å². The van der Waals surface area contributed by atoms with Gasteiger partial charge in [0.1, 0.15) is 6.04 Å². The van der Waals surface area contributed by atoms with Crippen LogP contribution in [0.15, 0.2) is 0 Å². The molecule has 0 saturated carbocycles. The fraction of sp³-hybridized carbons (Fsp3) is 0.667. The fourth-order valence-electron chi connectivity index (χ4n) is 0.725. The lowest BCUT2D eigenvalue weighted by molar-refractivity contribution is -0.117. The maximum absolute atomic E-state index is 10.6. The van der Waals surface area contributed by atoms with E-state index in [0.717, 1.165) is 0 Å². The van der Waals surface area contributed by atoms with Crippen LogP contribution in [0, 0.1) is 5.41 Å². The minimum absolute atomic E-state index is 0.00926. The van der Waals surface area contributed by atoms with Crippen LogP contribution in [0.5, 0.6) is 0 Å². The molecule has 0 bridgehead atoms. The smallest absolute Gasteiger partial charge is 0.152 e. The zero-order valence-corrected chi connectivity index (χ0v) is 5.99. The lowest BCUT2D eigenvalue weighted by atomic mass is 10.1. The van der Waals surface area contributed by atoms with Gasteiger partial charge in [0.05, 0.1) is 0 Å². The van der Waals surface area contributed by atoms with Gasteiger partial charge in [-0.3, -0.25) is 4.79 Å². The molecule has 0 aromatic carbocycles. The van der Waals surface area contributed by atoms with E-state index in [2.05, 4.69) is 5.32 Å². The molecule has 52 valence electrons. The van der Waals surface area contributed by atoms with E-state index in [1.165, 1.54) is 6.92 Å². The van der Waals surface area contributed by atoms with Gasteiger partial charge in [0.25, 0.3) is 0 Å². The van der Waals surface area contributed by atoms with Crippen LogP contribution in [0.4, 0.5) is 0 Å². The van der Waals surface area contributed by atoms with Crippen LogP contribution >= 0.6 is 0 Å². The summed E-state index contributed by atoms with van der Waals surface area (Å²) in [5, 5.41) is 9.83. The summed E-state index contributed by atoms with van der Waals surface area (Å²) in [6, 6.07) is -0.384. The molecule has 1 unspecified atom stereocenters. The number of hydrogen-bond donors (Lipinski definition) is 2. The summed E-state index contributed by atoms with van der Waals surface area (Å²) in [6.07, 6.45) is 0. The molecule has 3 nitrogen and oxygen atoms in total. The monoisotopic (exact) mass is 128 g/mol. The molecule has 0 amide bonds. The topological polar surface area (TPSA) is 53.0 Å². The Balaban J connectivity index is 3.99. The highest BCUT2D eigenvalue weighted by Gasteiger charge is 2.11. The van der Waals surface area contributed by atoms with Crippen molar-refractivity contribution in [1.82, 2.24) is 5.32 Å². The molecule has 2 N–H and O–H groups in total. The number of likely N-dealkylation sites (N-methyl/N-ethyl adjacent to an activating group) is 1. The summed E-state index contributed by atoms with van der Waals surface area (Å²) < 4.78 is 0. The molecule has 9 heavy (non-hydrogen) atoms. The van der Waals surface area contributed by atoms with Gasteiger partial charge in [0.2, 0.25) is 0 Å². The Hall–Kier alpha value is -0.700. The number of carbonyl (C=O) groups excluding carboxylic acids is 1. The standard InChI is InChI=1S/C6H12N2O/c1-4(7)6(8-3)5(2)9/h6-8H,1-3H3. The van der Waals surface area contributed by atoms with Gasteiger partial charge < -0.3 is 10.7 Å². The Bertz CT molecular complexity index is 117. The van der Waals surface area contributed by atoms with Gasteiger partial charge in [-0.25, -0.2) is 0 Å². The van der Waals surface area contributed by atoms with E-state index < -0.39 is 0 Å². The van der Waals surface area contributed by atoms with E-state index in [1.807, 2.05) is 0 Å². The maximum Gasteiger partial charge on any atom is 0.152 e. The third kappa shape index (κ3) is 2.37. The zero-order valence-electron chi connectivity index (χ0n) is 5.99. The lowest BCUT2D eigenvalue weighted by Gasteiger charge is -2.08. The molecule has 3 heteroatoms. The van der Waals surface area contributed by atoms with Crippen LogP contribution in [-0.4, -0.2) is 24.6 Å². The molecule has 0 spiro atoms. The predicted molar refractivity (Wildman–Crippen MR) is 36.9 cm³/mol. The van der Waals surface area contributed by atoms with Crippen LogP contribution in [0.25, 0.3) is 0 Å². The van der Waals surface area contributed by atoms with E-state index in [-0.39, 0.29) is 11.8 Å². The lowest BCUT2D eigenvalue weighted by Crippen LogP contribution is -2.38. The van der Waals surface area contributed by atoms with Crippen molar-refractivity contribution in [2.45, 2.75) is 19.9 Å².